The molecule has 1 aromatic heterocycles. The van der Waals surface area contributed by atoms with Crippen LogP contribution in [-0.4, -0.2) is 25.0 Å². The molecule has 5 aromatic rings. The van der Waals surface area contributed by atoms with Crippen molar-refractivity contribution >= 4 is 11.7 Å². The minimum absolute atomic E-state index is 0.392. The highest BCUT2D eigenvalue weighted by Crippen LogP contribution is 2.52. The summed E-state index contributed by atoms with van der Waals surface area (Å²) in [4.78, 5) is 20.3. The van der Waals surface area contributed by atoms with Crippen LogP contribution in [0.1, 0.15) is 38.7 Å². The summed E-state index contributed by atoms with van der Waals surface area (Å²) in [7, 11) is 3.98. The van der Waals surface area contributed by atoms with E-state index in [0.717, 1.165) is 27.9 Å². The third-order valence-electron chi connectivity index (χ3n) is 6.91. The van der Waals surface area contributed by atoms with Gasteiger partial charge in [0.15, 0.2) is 0 Å². The Balaban J connectivity index is 1.87. The van der Waals surface area contributed by atoms with Gasteiger partial charge in [0, 0.05) is 37.7 Å². The van der Waals surface area contributed by atoms with Gasteiger partial charge in [-0.25, -0.2) is 4.79 Å². The number of esters is 1. The lowest BCUT2D eigenvalue weighted by Crippen LogP contribution is -2.39. The van der Waals surface area contributed by atoms with Gasteiger partial charge >= 0.3 is 5.97 Å². The van der Waals surface area contributed by atoms with Gasteiger partial charge in [0.25, 0.3) is 0 Å². The lowest BCUT2D eigenvalue weighted by atomic mass is 9.64. The maximum atomic E-state index is 13.8. The van der Waals surface area contributed by atoms with E-state index in [9.17, 15) is 4.79 Å². The van der Waals surface area contributed by atoms with E-state index in [2.05, 4.69) is 41.4 Å². The number of hydrogen-bond acceptors (Lipinski definition) is 4. The summed E-state index contributed by atoms with van der Waals surface area (Å²) in [5.74, 6) is -0.392. The minimum atomic E-state index is -0.873. The molecule has 4 heteroatoms. The predicted octanol–water partition coefficient (Wildman–Crippen LogP) is 7.08. The van der Waals surface area contributed by atoms with Crippen LogP contribution in [0.5, 0.6) is 0 Å². The van der Waals surface area contributed by atoms with Crippen molar-refractivity contribution in [2.75, 3.05) is 19.0 Å². The molecule has 188 valence electrons. The Morgan fingerprint density at radius 2 is 1.13 bits per heavy atom. The van der Waals surface area contributed by atoms with Crippen LogP contribution >= 0.6 is 0 Å². The second kappa shape index (κ2) is 11.1. The van der Waals surface area contributed by atoms with Crippen molar-refractivity contribution in [3.05, 3.63) is 168 Å². The van der Waals surface area contributed by atoms with E-state index in [1.807, 2.05) is 104 Å². The molecule has 0 bridgehead atoms. The molecule has 4 aromatic carbocycles. The maximum Gasteiger partial charge on any atom is 0.338 e. The molecule has 0 aliphatic heterocycles. The number of aromatic nitrogens is 1. The third kappa shape index (κ3) is 4.69. The van der Waals surface area contributed by atoms with Crippen LogP contribution in [0.15, 0.2) is 140 Å². The number of hydrogen-bond donors (Lipinski definition) is 0. The summed E-state index contributed by atoms with van der Waals surface area (Å²) < 4.78 is 6.64. The molecule has 0 unspecified atom stereocenters. The quantitative estimate of drug-likeness (QED) is 0.169. The number of anilines is 1. The standard InChI is InChI=1S/C34H30N2O2/c1-36(2)31-23-24-35-25-30(31)32(38-33(37)26-15-7-3-8-16-26)34(27-17-9-4-10-18-27,28-19-11-5-12-20-28)29-21-13-6-14-22-29/h3-25,32H,1-2H3/t32-/m0/s1. The van der Waals surface area contributed by atoms with Crippen molar-refractivity contribution in [3.63, 3.8) is 0 Å². The molecule has 0 saturated heterocycles. The molecule has 38 heavy (non-hydrogen) atoms. The average Bonchev–Trinajstić information content (AvgIpc) is 2.99. The Labute approximate surface area is 224 Å². The van der Waals surface area contributed by atoms with E-state index in [0.29, 0.717) is 5.56 Å². The van der Waals surface area contributed by atoms with E-state index in [1.54, 1.807) is 18.3 Å². The molecule has 5 rings (SSSR count). The molecule has 0 aliphatic carbocycles. The minimum Gasteiger partial charge on any atom is -0.452 e. The highest BCUT2D eigenvalue weighted by atomic mass is 16.5. The van der Waals surface area contributed by atoms with Crippen molar-refractivity contribution < 1.29 is 9.53 Å². The smallest absolute Gasteiger partial charge is 0.338 e. The van der Waals surface area contributed by atoms with Gasteiger partial charge in [-0.1, -0.05) is 109 Å². The molecule has 0 saturated carbocycles. The molecule has 0 radical (unpaired) electrons. The van der Waals surface area contributed by atoms with E-state index in [-0.39, 0.29) is 0 Å². The summed E-state index contributed by atoms with van der Waals surface area (Å²) in [5, 5.41) is 0. The van der Waals surface area contributed by atoms with Crippen LogP contribution in [0.3, 0.4) is 0 Å². The van der Waals surface area contributed by atoms with Crippen molar-refractivity contribution in [3.8, 4) is 0 Å². The zero-order valence-electron chi connectivity index (χ0n) is 21.6. The van der Waals surface area contributed by atoms with Crippen molar-refractivity contribution in [1.29, 1.82) is 0 Å². The molecule has 0 amide bonds. The van der Waals surface area contributed by atoms with Gasteiger partial charge in [0.2, 0.25) is 0 Å². The fraction of sp³-hybridized carbons (Fsp3) is 0.118. The predicted molar refractivity (Wildman–Crippen MR) is 152 cm³/mol. The molecule has 0 spiro atoms. The van der Waals surface area contributed by atoms with E-state index in [1.165, 1.54) is 0 Å². The Morgan fingerprint density at radius 3 is 1.58 bits per heavy atom. The summed E-state index contributed by atoms with van der Waals surface area (Å²) in [6.07, 6.45) is 2.85. The third-order valence-corrected chi connectivity index (χ3v) is 6.91. The Hall–Kier alpha value is -4.70. The largest absolute Gasteiger partial charge is 0.452 e. The Bertz CT molecular complexity index is 1370. The molecule has 0 N–H and O–H groups in total. The molecule has 4 nitrogen and oxygen atoms in total. The molecular weight excluding hydrogens is 468 g/mol. The van der Waals surface area contributed by atoms with Crippen LogP contribution in [-0.2, 0) is 10.2 Å². The van der Waals surface area contributed by atoms with Gasteiger partial charge in [-0.05, 0) is 34.9 Å². The Morgan fingerprint density at radius 1 is 0.684 bits per heavy atom. The van der Waals surface area contributed by atoms with Gasteiger partial charge in [0.05, 0.1) is 11.0 Å². The fourth-order valence-corrected chi connectivity index (χ4v) is 5.20. The fourth-order valence-electron chi connectivity index (χ4n) is 5.20. The van der Waals surface area contributed by atoms with Crippen molar-refractivity contribution in [2.24, 2.45) is 0 Å². The summed E-state index contributed by atoms with van der Waals surface area (Å²) in [6, 6.07) is 41.9. The monoisotopic (exact) mass is 498 g/mol. The zero-order valence-corrected chi connectivity index (χ0v) is 21.6. The Kier molecular flexibility index (Phi) is 7.32. The van der Waals surface area contributed by atoms with Gasteiger partial charge in [-0.2, -0.15) is 0 Å². The van der Waals surface area contributed by atoms with Gasteiger partial charge in [-0.3, -0.25) is 4.98 Å². The highest BCUT2D eigenvalue weighted by Gasteiger charge is 2.48. The van der Waals surface area contributed by atoms with E-state index < -0.39 is 17.5 Å². The van der Waals surface area contributed by atoms with Crippen LogP contribution in [0.25, 0.3) is 0 Å². The second-order valence-electron chi connectivity index (χ2n) is 9.39. The summed E-state index contributed by atoms with van der Waals surface area (Å²) in [5.41, 5.74) is 4.40. The number of benzene rings is 4. The molecule has 1 heterocycles. The van der Waals surface area contributed by atoms with Crippen LogP contribution in [0.2, 0.25) is 0 Å². The van der Waals surface area contributed by atoms with Crippen LogP contribution < -0.4 is 4.90 Å². The van der Waals surface area contributed by atoms with Crippen LogP contribution in [0, 0.1) is 0 Å². The molecular formula is C34H30N2O2. The SMILES string of the molecule is CN(C)c1ccncc1[C@H](OC(=O)c1ccccc1)C(c1ccccc1)(c1ccccc1)c1ccccc1. The van der Waals surface area contributed by atoms with Crippen LogP contribution in [0.4, 0.5) is 5.69 Å². The van der Waals surface area contributed by atoms with Crippen molar-refractivity contribution in [1.82, 2.24) is 4.98 Å². The zero-order chi connectivity index (χ0) is 26.4. The topological polar surface area (TPSA) is 42.4 Å². The average molecular weight is 499 g/mol. The lowest BCUT2D eigenvalue weighted by molar-refractivity contribution is 0.0167. The first-order valence-corrected chi connectivity index (χ1v) is 12.7. The number of carbonyl (C=O) groups is 1. The van der Waals surface area contributed by atoms with Gasteiger partial charge in [0.1, 0.15) is 6.10 Å². The second-order valence-corrected chi connectivity index (χ2v) is 9.39. The number of pyridine rings is 1. The summed E-state index contributed by atoms with van der Waals surface area (Å²) in [6.45, 7) is 0. The highest BCUT2D eigenvalue weighted by molar-refractivity contribution is 5.89. The first kappa shape index (κ1) is 25.0. The first-order chi connectivity index (χ1) is 18.6. The van der Waals surface area contributed by atoms with Gasteiger partial charge < -0.3 is 9.64 Å². The number of ether oxygens (including phenoxy) is 1. The van der Waals surface area contributed by atoms with Gasteiger partial charge in [-0.15, -0.1) is 0 Å². The normalized spacial score (nSPS) is 11.9. The number of rotatable bonds is 8. The van der Waals surface area contributed by atoms with E-state index in [4.69, 9.17) is 4.74 Å². The maximum absolute atomic E-state index is 13.8. The molecule has 0 aliphatic rings. The first-order valence-electron chi connectivity index (χ1n) is 12.7. The number of carbonyl (C=O) groups excluding carboxylic acids is 1. The molecule has 1 atom stereocenters. The lowest BCUT2D eigenvalue weighted by Gasteiger charge is -2.43. The molecule has 0 fully saturated rings. The number of nitrogens with zero attached hydrogens (tertiary/aromatic N) is 2. The van der Waals surface area contributed by atoms with E-state index >= 15 is 0 Å². The van der Waals surface area contributed by atoms with Crippen molar-refractivity contribution in [2.45, 2.75) is 11.5 Å². The summed E-state index contributed by atoms with van der Waals surface area (Å²) >= 11 is 0.